The Labute approximate surface area is 150 Å². The summed E-state index contributed by atoms with van der Waals surface area (Å²) in [6.07, 6.45) is 3.90. The van der Waals surface area contributed by atoms with E-state index in [1.807, 2.05) is 16.6 Å². The van der Waals surface area contributed by atoms with Crippen LogP contribution in [0.15, 0.2) is 30.5 Å². The third-order valence-electron chi connectivity index (χ3n) is 4.98. The van der Waals surface area contributed by atoms with Crippen molar-refractivity contribution in [3.05, 3.63) is 47.3 Å². The Hall–Kier alpha value is -2.14. The summed E-state index contributed by atoms with van der Waals surface area (Å²) in [5.41, 5.74) is 3.93. The molecule has 0 radical (unpaired) electrons. The van der Waals surface area contributed by atoms with Gasteiger partial charge in [0.15, 0.2) is 0 Å². The molecule has 1 fully saturated rings. The average Bonchev–Trinajstić information content (AvgIpc) is 3.07. The molecule has 0 aliphatic carbocycles. The topological polar surface area (TPSA) is 50.2 Å². The van der Waals surface area contributed by atoms with Gasteiger partial charge in [0.2, 0.25) is 0 Å². The minimum absolute atomic E-state index is 0.0991. The molecule has 1 atom stereocenters. The predicted molar refractivity (Wildman–Crippen MR) is 100 cm³/mol. The van der Waals surface area contributed by atoms with Crippen molar-refractivity contribution in [1.29, 1.82) is 0 Å². The second-order valence-corrected chi connectivity index (χ2v) is 7.22. The van der Waals surface area contributed by atoms with Crippen LogP contribution in [-0.2, 0) is 0 Å². The van der Waals surface area contributed by atoms with Crippen LogP contribution in [0.25, 0.3) is 5.69 Å². The Bertz CT molecular complexity index is 733. The molecule has 0 saturated carbocycles. The van der Waals surface area contributed by atoms with Crippen LogP contribution in [0.5, 0.6) is 0 Å². The summed E-state index contributed by atoms with van der Waals surface area (Å²) in [6.45, 7) is 7.89. The molecule has 1 aromatic heterocycles. The number of likely N-dealkylation sites (N-methyl/N-ethyl adjacent to an activating group) is 1. The molecule has 3 rings (SSSR count). The van der Waals surface area contributed by atoms with Gasteiger partial charge < -0.3 is 10.2 Å². The first-order valence-corrected chi connectivity index (χ1v) is 9.12. The quantitative estimate of drug-likeness (QED) is 0.930. The first-order chi connectivity index (χ1) is 12.0. The number of carbonyl (C=O) groups is 1. The smallest absolute Gasteiger partial charge is 0.257 e. The maximum absolute atomic E-state index is 13.1. The first-order valence-electron chi connectivity index (χ1n) is 9.12. The fourth-order valence-corrected chi connectivity index (χ4v) is 3.54. The number of likely N-dealkylation sites (tertiary alicyclic amines) is 1. The van der Waals surface area contributed by atoms with Crippen molar-refractivity contribution >= 4 is 5.91 Å². The Morgan fingerprint density at radius 2 is 2.00 bits per heavy atom. The zero-order valence-electron chi connectivity index (χ0n) is 15.6. The maximum atomic E-state index is 13.1. The number of benzene rings is 1. The highest BCUT2D eigenvalue weighted by Gasteiger charge is 2.28. The number of carbonyl (C=O) groups excluding carboxylic acids is 1. The van der Waals surface area contributed by atoms with Crippen LogP contribution in [0.4, 0.5) is 0 Å². The van der Waals surface area contributed by atoms with E-state index in [4.69, 9.17) is 0 Å². The van der Waals surface area contributed by atoms with Gasteiger partial charge >= 0.3 is 0 Å². The van der Waals surface area contributed by atoms with Crippen molar-refractivity contribution in [1.82, 2.24) is 20.0 Å². The van der Waals surface area contributed by atoms with Crippen molar-refractivity contribution in [3.63, 3.8) is 0 Å². The number of amides is 1. The van der Waals surface area contributed by atoms with Crippen LogP contribution in [0.1, 0.15) is 54.2 Å². The van der Waals surface area contributed by atoms with Gasteiger partial charge in [-0.05, 0) is 44.9 Å². The van der Waals surface area contributed by atoms with Gasteiger partial charge in [0.05, 0.1) is 23.1 Å². The average molecular weight is 340 g/mol. The maximum Gasteiger partial charge on any atom is 0.257 e. The number of hydrogen-bond donors (Lipinski definition) is 1. The van der Waals surface area contributed by atoms with Crippen LogP contribution in [0, 0.1) is 6.92 Å². The van der Waals surface area contributed by atoms with Gasteiger partial charge in [-0.2, -0.15) is 5.10 Å². The summed E-state index contributed by atoms with van der Waals surface area (Å²) in [4.78, 5) is 15.1. The molecule has 2 heterocycles. The normalized spacial score (nSPS) is 18.0. The molecule has 2 aromatic rings. The van der Waals surface area contributed by atoms with Crippen LogP contribution < -0.4 is 5.32 Å². The number of aryl methyl sites for hydroxylation is 1. The molecule has 1 aliphatic heterocycles. The van der Waals surface area contributed by atoms with Gasteiger partial charge in [-0.15, -0.1) is 0 Å². The van der Waals surface area contributed by atoms with Gasteiger partial charge in [-0.25, -0.2) is 4.68 Å². The number of nitrogens with one attached hydrogen (secondary N) is 1. The van der Waals surface area contributed by atoms with Gasteiger partial charge in [0, 0.05) is 19.1 Å². The lowest BCUT2D eigenvalue weighted by Gasteiger charge is -2.32. The molecule has 1 unspecified atom stereocenters. The Kier molecular flexibility index (Phi) is 5.23. The fourth-order valence-electron chi connectivity index (χ4n) is 3.54. The molecule has 25 heavy (non-hydrogen) atoms. The summed E-state index contributed by atoms with van der Waals surface area (Å²) in [5.74, 6) is 0.314. The van der Waals surface area contributed by atoms with Crippen molar-refractivity contribution in [2.75, 3.05) is 20.1 Å². The van der Waals surface area contributed by atoms with E-state index in [0.717, 1.165) is 42.9 Å². The molecule has 5 heteroatoms. The highest BCUT2D eigenvalue weighted by molar-refractivity contribution is 5.95. The highest BCUT2D eigenvalue weighted by atomic mass is 16.2. The van der Waals surface area contributed by atoms with E-state index in [0.29, 0.717) is 6.04 Å². The van der Waals surface area contributed by atoms with Crippen molar-refractivity contribution < 1.29 is 4.79 Å². The van der Waals surface area contributed by atoms with E-state index in [1.54, 1.807) is 6.20 Å². The zero-order valence-corrected chi connectivity index (χ0v) is 15.6. The standard InChI is InChI=1S/C20H28N4O/c1-14(2)19-18(20(25)23-11-5-6-16(13-23)21-4)12-22-24(19)17-9-7-15(3)8-10-17/h7-10,12,14,16,21H,5-6,11,13H2,1-4H3. The van der Waals surface area contributed by atoms with Gasteiger partial charge in [-0.3, -0.25) is 4.79 Å². The second-order valence-electron chi connectivity index (χ2n) is 7.22. The Morgan fingerprint density at radius 1 is 1.28 bits per heavy atom. The fraction of sp³-hybridized carbons (Fsp3) is 0.500. The molecule has 134 valence electrons. The third kappa shape index (κ3) is 3.61. The van der Waals surface area contributed by atoms with Crippen LogP contribution in [-0.4, -0.2) is 46.8 Å². The lowest BCUT2D eigenvalue weighted by molar-refractivity contribution is 0.0696. The Morgan fingerprint density at radius 3 is 2.64 bits per heavy atom. The molecular formula is C20H28N4O. The molecule has 1 amide bonds. The van der Waals surface area contributed by atoms with E-state index < -0.39 is 0 Å². The van der Waals surface area contributed by atoms with Gasteiger partial charge in [0.1, 0.15) is 0 Å². The van der Waals surface area contributed by atoms with Crippen LogP contribution in [0.3, 0.4) is 0 Å². The molecular weight excluding hydrogens is 312 g/mol. The molecule has 5 nitrogen and oxygen atoms in total. The number of rotatable bonds is 4. The molecule has 1 aromatic carbocycles. The first kappa shape index (κ1) is 17.7. The monoisotopic (exact) mass is 340 g/mol. The number of nitrogens with zero attached hydrogens (tertiary/aromatic N) is 3. The summed E-state index contributed by atoms with van der Waals surface area (Å²) in [5, 5.41) is 7.85. The van der Waals surface area contributed by atoms with Crippen LogP contribution in [0.2, 0.25) is 0 Å². The predicted octanol–water partition coefficient (Wildman–Crippen LogP) is 3.13. The number of hydrogen-bond acceptors (Lipinski definition) is 3. The third-order valence-corrected chi connectivity index (χ3v) is 4.98. The highest BCUT2D eigenvalue weighted by Crippen LogP contribution is 2.25. The molecule has 1 aliphatic rings. The summed E-state index contributed by atoms with van der Waals surface area (Å²) in [7, 11) is 1.97. The van der Waals surface area contributed by atoms with Crippen LogP contribution >= 0.6 is 0 Å². The molecule has 0 spiro atoms. The van der Waals surface area contributed by atoms with Crippen molar-refractivity contribution in [2.24, 2.45) is 0 Å². The lowest BCUT2D eigenvalue weighted by Crippen LogP contribution is -2.47. The van der Waals surface area contributed by atoms with Gasteiger partial charge in [-0.1, -0.05) is 31.5 Å². The molecule has 1 saturated heterocycles. The second kappa shape index (κ2) is 7.40. The van der Waals surface area contributed by atoms with E-state index in [1.165, 1.54) is 5.56 Å². The largest absolute Gasteiger partial charge is 0.337 e. The lowest BCUT2D eigenvalue weighted by atomic mass is 10.0. The summed E-state index contributed by atoms with van der Waals surface area (Å²) < 4.78 is 1.91. The van der Waals surface area contributed by atoms with Crippen molar-refractivity contribution in [3.8, 4) is 5.69 Å². The summed E-state index contributed by atoms with van der Waals surface area (Å²) in [6, 6.07) is 8.64. The number of piperidine rings is 1. The zero-order chi connectivity index (χ0) is 18.0. The number of aromatic nitrogens is 2. The molecule has 1 N–H and O–H groups in total. The minimum atomic E-state index is 0.0991. The SMILES string of the molecule is CNC1CCCN(C(=O)c2cnn(-c3ccc(C)cc3)c2C(C)C)C1. The summed E-state index contributed by atoms with van der Waals surface area (Å²) >= 11 is 0. The molecule has 0 bridgehead atoms. The van der Waals surface area contributed by atoms with Crippen molar-refractivity contribution in [2.45, 2.75) is 45.6 Å². The Balaban J connectivity index is 1.94. The van der Waals surface area contributed by atoms with Gasteiger partial charge in [0.25, 0.3) is 5.91 Å². The van der Waals surface area contributed by atoms with E-state index in [9.17, 15) is 4.79 Å². The van der Waals surface area contributed by atoms with E-state index >= 15 is 0 Å². The van der Waals surface area contributed by atoms with E-state index in [2.05, 4.69) is 55.5 Å². The minimum Gasteiger partial charge on any atom is -0.337 e. The van der Waals surface area contributed by atoms with E-state index in [-0.39, 0.29) is 11.8 Å².